The molecule has 3 rings (SSSR count). The van der Waals surface area contributed by atoms with E-state index in [-0.39, 0.29) is 31.2 Å². The van der Waals surface area contributed by atoms with Gasteiger partial charge in [-0.3, -0.25) is 15.0 Å². The van der Waals surface area contributed by atoms with E-state index in [1.54, 1.807) is 0 Å². The molecule has 1 saturated carbocycles. The molecule has 1 aromatic rings. The van der Waals surface area contributed by atoms with Crippen molar-refractivity contribution >= 4 is 11.9 Å². The van der Waals surface area contributed by atoms with E-state index in [2.05, 4.69) is 15.5 Å². The quantitative estimate of drug-likeness (QED) is 0.756. The first-order chi connectivity index (χ1) is 9.74. The standard InChI is InChI=1S/C12H18N4O4/c17-7-9-5-16(3-4-19-9)6-10(18)13-12-15-14-11(20-12)8-1-2-8/h8-9,17H,1-7H2,(H,13,15,18). The fraction of sp³-hybridized carbons (Fsp3) is 0.750. The van der Waals surface area contributed by atoms with E-state index in [1.807, 2.05) is 4.90 Å². The molecule has 2 aliphatic rings. The number of aromatic nitrogens is 2. The summed E-state index contributed by atoms with van der Waals surface area (Å²) in [5, 5.41) is 19.4. The molecule has 110 valence electrons. The Labute approximate surface area is 116 Å². The van der Waals surface area contributed by atoms with E-state index in [0.717, 1.165) is 12.8 Å². The van der Waals surface area contributed by atoms with Crippen molar-refractivity contribution in [3.63, 3.8) is 0 Å². The number of ether oxygens (including phenoxy) is 1. The molecule has 0 radical (unpaired) electrons. The van der Waals surface area contributed by atoms with Gasteiger partial charge in [-0.05, 0) is 12.8 Å². The summed E-state index contributed by atoms with van der Waals surface area (Å²) in [7, 11) is 0. The van der Waals surface area contributed by atoms with Crippen LogP contribution >= 0.6 is 0 Å². The summed E-state index contributed by atoms with van der Waals surface area (Å²) in [6, 6.07) is 0.156. The fourth-order valence-corrected chi connectivity index (χ4v) is 2.18. The lowest BCUT2D eigenvalue weighted by atomic mass is 10.3. The summed E-state index contributed by atoms with van der Waals surface area (Å²) in [4.78, 5) is 13.8. The smallest absolute Gasteiger partial charge is 0.322 e. The molecule has 0 aromatic carbocycles. The minimum absolute atomic E-state index is 0.0352. The zero-order chi connectivity index (χ0) is 13.9. The van der Waals surface area contributed by atoms with Gasteiger partial charge in [-0.15, -0.1) is 5.10 Å². The second-order valence-electron chi connectivity index (χ2n) is 5.18. The summed E-state index contributed by atoms with van der Waals surface area (Å²) < 4.78 is 10.7. The Morgan fingerprint density at radius 3 is 3.05 bits per heavy atom. The monoisotopic (exact) mass is 282 g/mol. The highest BCUT2D eigenvalue weighted by molar-refractivity contribution is 5.90. The summed E-state index contributed by atoms with van der Waals surface area (Å²) in [6.45, 7) is 1.92. The lowest BCUT2D eigenvalue weighted by Gasteiger charge is -2.31. The van der Waals surface area contributed by atoms with Crippen LogP contribution in [0, 0.1) is 0 Å². The molecule has 2 heterocycles. The van der Waals surface area contributed by atoms with Gasteiger partial charge < -0.3 is 14.3 Å². The van der Waals surface area contributed by atoms with Crippen molar-refractivity contribution < 1.29 is 19.1 Å². The molecule has 1 aromatic heterocycles. The zero-order valence-electron chi connectivity index (χ0n) is 11.1. The summed E-state index contributed by atoms with van der Waals surface area (Å²) in [5.41, 5.74) is 0. The van der Waals surface area contributed by atoms with Gasteiger partial charge in [0.15, 0.2) is 0 Å². The highest BCUT2D eigenvalue weighted by Crippen LogP contribution is 2.39. The molecule has 1 aliphatic carbocycles. The van der Waals surface area contributed by atoms with Crippen molar-refractivity contribution in [1.82, 2.24) is 15.1 Å². The number of carbonyl (C=O) groups is 1. The first kappa shape index (κ1) is 13.5. The Kier molecular flexibility index (Phi) is 3.95. The Hall–Kier alpha value is -1.51. The van der Waals surface area contributed by atoms with E-state index >= 15 is 0 Å². The van der Waals surface area contributed by atoms with Gasteiger partial charge in [-0.2, -0.15) is 0 Å². The molecular weight excluding hydrogens is 264 g/mol. The van der Waals surface area contributed by atoms with Gasteiger partial charge in [0.25, 0.3) is 0 Å². The number of aliphatic hydroxyl groups is 1. The number of hydrogen-bond donors (Lipinski definition) is 2. The first-order valence-electron chi connectivity index (χ1n) is 6.82. The van der Waals surface area contributed by atoms with Crippen LogP contribution < -0.4 is 5.32 Å². The SMILES string of the molecule is O=C(CN1CCOC(CO)C1)Nc1nnc(C2CC2)o1. The number of rotatable bonds is 5. The molecule has 2 fully saturated rings. The summed E-state index contributed by atoms with van der Waals surface area (Å²) in [6.07, 6.45) is 1.93. The number of hydrogen-bond acceptors (Lipinski definition) is 7. The van der Waals surface area contributed by atoms with Crippen LogP contribution in [0.2, 0.25) is 0 Å². The van der Waals surface area contributed by atoms with Crippen molar-refractivity contribution in [2.45, 2.75) is 24.9 Å². The van der Waals surface area contributed by atoms with Crippen LogP contribution in [-0.2, 0) is 9.53 Å². The highest BCUT2D eigenvalue weighted by Gasteiger charge is 2.29. The van der Waals surface area contributed by atoms with Gasteiger partial charge in [0.2, 0.25) is 11.8 Å². The van der Waals surface area contributed by atoms with Crippen LogP contribution in [0.15, 0.2) is 4.42 Å². The molecule has 1 atom stereocenters. The molecule has 1 aliphatic heterocycles. The number of nitrogens with zero attached hydrogens (tertiary/aromatic N) is 3. The normalized spacial score (nSPS) is 23.8. The van der Waals surface area contributed by atoms with E-state index in [4.69, 9.17) is 14.3 Å². The zero-order valence-corrected chi connectivity index (χ0v) is 11.1. The van der Waals surface area contributed by atoms with E-state index in [0.29, 0.717) is 31.5 Å². The van der Waals surface area contributed by atoms with Crippen molar-refractivity contribution in [2.75, 3.05) is 38.2 Å². The first-order valence-corrected chi connectivity index (χ1v) is 6.82. The van der Waals surface area contributed by atoms with Gasteiger partial charge in [0.05, 0.1) is 25.9 Å². The lowest BCUT2D eigenvalue weighted by molar-refractivity contribution is -0.120. The third-order valence-electron chi connectivity index (χ3n) is 3.41. The topological polar surface area (TPSA) is 101 Å². The average molecular weight is 282 g/mol. The summed E-state index contributed by atoms with van der Waals surface area (Å²) in [5.74, 6) is 0.777. The van der Waals surface area contributed by atoms with E-state index in [1.165, 1.54) is 0 Å². The van der Waals surface area contributed by atoms with Gasteiger partial charge in [0.1, 0.15) is 0 Å². The molecular formula is C12H18N4O4. The van der Waals surface area contributed by atoms with Crippen LogP contribution in [-0.4, -0.2) is 65.1 Å². The number of anilines is 1. The van der Waals surface area contributed by atoms with Gasteiger partial charge >= 0.3 is 6.01 Å². The second-order valence-corrected chi connectivity index (χ2v) is 5.18. The highest BCUT2D eigenvalue weighted by atomic mass is 16.5. The Morgan fingerprint density at radius 1 is 1.45 bits per heavy atom. The van der Waals surface area contributed by atoms with Crippen molar-refractivity contribution in [2.24, 2.45) is 0 Å². The molecule has 8 nitrogen and oxygen atoms in total. The maximum atomic E-state index is 11.9. The Balaban J connectivity index is 1.48. The average Bonchev–Trinajstić information content (AvgIpc) is 3.20. The van der Waals surface area contributed by atoms with Crippen LogP contribution in [0.5, 0.6) is 0 Å². The predicted octanol–water partition coefficient (Wildman–Crippen LogP) is -0.421. The number of morpholine rings is 1. The molecule has 1 unspecified atom stereocenters. The molecule has 0 spiro atoms. The number of amides is 1. The largest absolute Gasteiger partial charge is 0.408 e. The third-order valence-corrected chi connectivity index (χ3v) is 3.41. The number of aliphatic hydroxyl groups excluding tert-OH is 1. The maximum Gasteiger partial charge on any atom is 0.322 e. The second kappa shape index (κ2) is 5.86. The van der Waals surface area contributed by atoms with Crippen molar-refractivity contribution in [1.29, 1.82) is 0 Å². The third kappa shape index (κ3) is 3.33. The molecule has 1 amide bonds. The van der Waals surface area contributed by atoms with E-state index in [9.17, 15) is 4.79 Å². The van der Waals surface area contributed by atoms with E-state index < -0.39 is 0 Å². The molecule has 20 heavy (non-hydrogen) atoms. The van der Waals surface area contributed by atoms with Crippen molar-refractivity contribution in [3.05, 3.63) is 5.89 Å². The minimum Gasteiger partial charge on any atom is -0.408 e. The van der Waals surface area contributed by atoms with Gasteiger partial charge in [0, 0.05) is 19.0 Å². The van der Waals surface area contributed by atoms with Crippen LogP contribution in [0.4, 0.5) is 6.01 Å². The van der Waals surface area contributed by atoms with Crippen LogP contribution in [0.1, 0.15) is 24.7 Å². The Bertz CT molecular complexity index is 474. The van der Waals surface area contributed by atoms with Gasteiger partial charge in [-0.1, -0.05) is 5.10 Å². The molecule has 1 saturated heterocycles. The number of nitrogens with one attached hydrogen (secondary N) is 1. The molecule has 0 bridgehead atoms. The van der Waals surface area contributed by atoms with Crippen molar-refractivity contribution in [3.8, 4) is 0 Å². The minimum atomic E-state index is -0.221. The fourth-order valence-electron chi connectivity index (χ4n) is 2.18. The summed E-state index contributed by atoms with van der Waals surface area (Å²) >= 11 is 0. The maximum absolute atomic E-state index is 11.9. The van der Waals surface area contributed by atoms with Crippen LogP contribution in [0.3, 0.4) is 0 Å². The van der Waals surface area contributed by atoms with Gasteiger partial charge in [-0.25, -0.2) is 0 Å². The molecule has 8 heteroatoms. The molecule has 2 N–H and O–H groups in total. The van der Waals surface area contributed by atoms with Crippen LogP contribution in [0.25, 0.3) is 0 Å². The predicted molar refractivity (Wildman–Crippen MR) is 68.2 cm³/mol. The Morgan fingerprint density at radius 2 is 2.30 bits per heavy atom. The number of carbonyl (C=O) groups excluding carboxylic acids is 1. The lowest BCUT2D eigenvalue weighted by Crippen LogP contribution is -2.46.